The van der Waals surface area contributed by atoms with Crippen LogP contribution in [0.15, 0.2) is 30.5 Å². The molecule has 1 aromatic carbocycles. The lowest BCUT2D eigenvalue weighted by molar-refractivity contribution is -0.385. The third-order valence-corrected chi connectivity index (χ3v) is 3.19. The summed E-state index contributed by atoms with van der Waals surface area (Å²) in [6.45, 7) is 5.32. The van der Waals surface area contributed by atoms with Gasteiger partial charge in [-0.15, -0.1) is 0 Å². The number of pyridine rings is 1. The number of hydrogen-bond acceptors (Lipinski definition) is 5. The van der Waals surface area contributed by atoms with Gasteiger partial charge >= 0.3 is 0 Å². The number of aromatic nitrogens is 1. The fourth-order valence-electron chi connectivity index (χ4n) is 1.92. The molecule has 0 bridgehead atoms. The molecule has 2 N–H and O–H groups in total. The highest BCUT2D eigenvalue weighted by molar-refractivity contribution is 5.50. The number of nitrogens with zero attached hydrogens (tertiary/aromatic N) is 2. The molecular weight excluding hydrogens is 270 g/mol. The van der Waals surface area contributed by atoms with Crippen molar-refractivity contribution in [1.82, 2.24) is 4.98 Å². The first kappa shape index (κ1) is 14.9. The maximum absolute atomic E-state index is 10.9. The van der Waals surface area contributed by atoms with E-state index in [9.17, 15) is 10.1 Å². The van der Waals surface area contributed by atoms with Crippen LogP contribution < -0.4 is 10.5 Å². The number of nitro benzene ring substituents is 1. The summed E-state index contributed by atoms with van der Waals surface area (Å²) in [5.74, 6) is 0.981. The Labute approximate surface area is 122 Å². The Balaban J connectivity index is 2.27. The molecule has 0 aliphatic carbocycles. The van der Waals surface area contributed by atoms with Crippen molar-refractivity contribution in [2.75, 3.05) is 0 Å². The summed E-state index contributed by atoms with van der Waals surface area (Å²) >= 11 is 0. The summed E-state index contributed by atoms with van der Waals surface area (Å²) in [5.41, 5.74) is 7.99. The Bertz CT molecular complexity index is 667. The fraction of sp³-hybridized carbons (Fsp3) is 0.267. The van der Waals surface area contributed by atoms with Gasteiger partial charge < -0.3 is 10.5 Å². The molecular formula is C15H17N3O3. The van der Waals surface area contributed by atoms with Crippen LogP contribution in [-0.4, -0.2) is 9.91 Å². The zero-order valence-electron chi connectivity index (χ0n) is 12.2. The van der Waals surface area contributed by atoms with E-state index in [2.05, 4.69) is 4.98 Å². The van der Waals surface area contributed by atoms with Gasteiger partial charge in [-0.1, -0.05) is 6.07 Å². The molecule has 0 saturated heterocycles. The number of nitrogens with two attached hydrogens (primary N) is 1. The van der Waals surface area contributed by atoms with E-state index in [1.165, 1.54) is 6.07 Å². The van der Waals surface area contributed by atoms with Gasteiger partial charge in [-0.25, -0.2) is 4.98 Å². The van der Waals surface area contributed by atoms with Crippen LogP contribution >= 0.6 is 0 Å². The molecule has 6 nitrogen and oxygen atoms in total. The molecule has 2 aromatic rings. The number of benzene rings is 1. The molecule has 6 heteroatoms. The predicted molar refractivity (Wildman–Crippen MR) is 79.5 cm³/mol. The lowest BCUT2D eigenvalue weighted by atomic mass is 10.1. The number of nitro groups is 1. The van der Waals surface area contributed by atoms with E-state index >= 15 is 0 Å². The second-order valence-corrected chi connectivity index (χ2v) is 4.98. The van der Waals surface area contributed by atoms with Gasteiger partial charge in [0.2, 0.25) is 5.88 Å². The maximum Gasteiger partial charge on any atom is 0.272 e. The monoisotopic (exact) mass is 287 g/mol. The van der Waals surface area contributed by atoms with Crippen LogP contribution in [0.2, 0.25) is 0 Å². The smallest absolute Gasteiger partial charge is 0.272 e. The lowest BCUT2D eigenvalue weighted by Crippen LogP contribution is -2.05. The second-order valence-electron chi connectivity index (χ2n) is 4.98. The van der Waals surface area contributed by atoms with Gasteiger partial charge in [0.1, 0.15) is 5.75 Å². The van der Waals surface area contributed by atoms with Crippen molar-refractivity contribution in [3.05, 3.63) is 57.3 Å². The SMILES string of the molecule is Cc1cc([N+](=O)[O-])c(C)cc1Oc1ccc([C@@H](C)N)cn1. The lowest BCUT2D eigenvalue weighted by Gasteiger charge is -2.10. The zero-order valence-corrected chi connectivity index (χ0v) is 12.2. The predicted octanol–water partition coefficient (Wildman–Crippen LogP) is 3.42. The second kappa shape index (κ2) is 5.88. The van der Waals surface area contributed by atoms with Gasteiger partial charge in [0.05, 0.1) is 4.92 Å². The number of rotatable bonds is 4. The topological polar surface area (TPSA) is 91.3 Å². The summed E-state index contributed by atoms with van der Waals surface area (Å²) in [6, 6.07) is 6.64. The first-order chi connectivity index (χ1) is 9.88. The van der Waals surface area contributed by atoms with E-state index in [0.29, 0.717) is 22.8 Å². The molecule has 21 heavy (non-hydrogen) atoms. The summed E-state index contributed by atoms with van der Waals surface area (Å²) < 4.78 is 5.68. The molecule has 0 spiro atoms. The molecule has 110 valence electrons. The zero-order chi connectivity index (χ0) is 15.6. The van der Waals surface area contributed by atoms with Crippen molar-refractivity contribution in [3.8, 4) is 11.6 Å². The summed E-state index contributed by atoms with van der Waals surface area (Å²) in [7, 11) is 0. The van der Waals surface area contributed by atoms with Crippen molar-refractivity contribution in [2.45, 2.75) is 26.8 Å². The van der Waals surface area contributed by atoms with Crippen molar-refractivity contribution in [3.63, 3.8) is 0 Å². The van der Waals surface area contributed by atoms with Gasteiger partial charge in [-0.2, -0.15) is 0 Å². The molecule has 1 aromatic heterocycles. The van der Waals surface area contributed by atoms with E-state index < -0.39 is 4.92 Å². The Kier molecular flexibility index (Phi) is 4.18. The van der Waals surface area contributed by atoms with Crippen LogP contribution in [0.1, 0.15) is 29.7 Å². The minimum Gasteiger partial charge on any atom is -0.439 e. The van der Waals surface area contributed by atoms with E-state index in [0.717, 1.165) is 5.56 Å². The highest BCUT2D eigenvalue weighted by atomic mass is 16.6. The average molecular weight is 287 g/mol. The molecule has 1 atom stereocenters. The molecule has 0 fully saturated rings. The van der Waals surface area contributed by atoms with E-state index in [-0.39, 0.29) is 11.7 Å². The Morgan fingerprint density at radius 1 is 1.29 bits per heavy atom. The van der Waals surface area contributed by atoms with E-state index in [1.54, 1.807) is 32.2 Å². The van der Waals surface area contributed by atoms with Gasteiger partial charge in [0.15, 0.2) is 0 Å². The largest absolute Gasteiger partial charge is 0.439 e. The van der Waals surface area contributed by atoms with E-state index in [1.807, 2.05) is 13.0 Å². The number of aryl methyl sites for hydroxylation is 2. The minimum absolute atomic E-state index is 0.0834. The quantitative estimate of drug-likeness (QED) is 0.687. The standard InChI is InChI=1S/C15H17N3O3/c1-9-7-14(10(2)6-13(9)18(19)20)21-15-5-4-12(8-17-15)11(3)16/h4-8,11H,16H2,1-3H3/t11-/m1/s1. The average Bonchev–Trinajstić information content (AvgIpc) is 2.42. The molecule has 0 unspecified atom stereocenters. The van der Waals surface area contributed by atoms with Crippen LogP contribution in [0.4, 0.5) is 5.69 Å². The Hall–Kier alpha value is -2.47. The molecule has 1 heterocycles. The summed E-state index contributed by atoms with van der Waals surface area (Å²) in [4.78, 5) is 14.7. The molecule has 0 aliphatic heterocycles. The van der Waals surface area contributed by atoms with Gasteiger partial charge in [0.25, 0.3) is 5.69 Å². The number of ether oxygens (including phenoxy) is 1. The molecule has 2 rings (SSSR count). The first-order valence-electron chi connectivity index (χ1n) is 6.53. The van der Waals surface area contributed by atoms with Crippen molar-refractivity contribution in [2.24, 2.45) is 5.73 Å². The van der Waals surface area contributed by atoms with Crippen molar-refractivity contribution in [1.29, 1.82) is 0 Å². The highest BCUT2D eigenvalue weighted by Gasteiger charge is 2.14. The van der Waals surface area contributed by atoms with Crippen LogP contribution in [0.25, 0.3) is 0 Å². The van der Waals surface area contributed by atoms with Gasteiger partial charge in [0, 0.05) is 29.9 Å². The van der Waals surface area contributed by atoms with Crippen molar-refractivity contribution >= 4 is 5.69 Å². The third kappa shape index (κ3) is 3.35. The minimum atomic E-state index is -0.401. The maximum atomic E-state index is 10.9. The molecule has 0 radical (unpaired) electrons. The van der Waals surface area contributed by atoms with Crippen LogP contribution in [0, 0.1) is 24.0 Å². The number of hydrogen-bond donors (Lipinski definition) is 1. The molecule has 0 aliphatic rings. The van der Waals surface area contributed by atoms with Crippen LogP contribution in [0.5, 0.6) is 11.6 Å². The third-order valence-electron chi connectivity index (χ3n) is 3.19. The summed E-state index contributed by atoms with van der Waals surface area (Å²) in [5, 5.41) is 10.9. The van der Waals surface area contributed by atoms with E-state index in [4.69, 9.17) is 10.5 Å². The Morgan fingerprint density at radius 2 is 2.00 bits per heavy atom. The highest BCUT2D eigenvalue weighted by Crippen LogP contribution is 2.30. The first-order valence-corrected chi connectivity index (χ1v) is 6.53. The Morgan fingerprint density at radius 3 is 2.52 bits per heavy atom. The van der Waals surface area contributed by atoms with Crippen molar-refractivity contribution < 1.29 is 9.66 Å². The molecule has 0 saturated carbocycles. The van der Waals surface area contributed by atoms with Crippen LogP contribution in [0.3, 0.4) is 0 Å². The summed E-state index contributed by atoms with van der Waals surface area (Å²) in [6.07, 6.45) is 1.66. The van der Waals surface area contributed by atoms with Crippen LogP contribution in [-0.2, 0) is 0 Å². The molecule has 0 amide bonds. The normalized spacial score (nSPS) is 12.0. The fourth-order valence-corrected chi connectivity index (χ4v) is 1.92. The van der Waals surface area contributed by atoms with Gasteiger partial charge in [-0.3, -0.25) is 10.1 Å². The van der Waals surface area contributed by atoms with Gasteiger partial charge in [-0.05, 0) is 38.0 Å².